The second kappa shape index (κ2) is 3.87. The van der Waals surface area contributed by atoms with Gasteiger partial charge < -0.3 is 15.3 Å². The van der Waals surface area contributed by atoms with Crippen molar-refractivity contribution in [3.63, 3.8) is 0 Å². The zero-order valence-electron chi connectivity index (χ0n) is 8.06. The first kappa shape index (κ1) is 10.5. The summed E-state index contributed by atoms with van der Waals surface area (Å²) in [5, 5.41) is 31.3. The lowest BCUT2D eigenvalue weighted by molar-refractivity contribution is -0.153. The highest BCUT2D eigenvalue weighted by molar-refractivity contribution is 5.73. The summed E-state index contributed by atoms with van der Waals surface area (Å²) in [4.78, 5) is 14.4. The van der Waals surface area contributed by atoms with Gasteiger partial charge in [-0.05, 0) is 12.1 Å². The Labute approximate surface area is 89.6 Å². The highest BCUT2D eigenvalue weighted by atomic mass is 16.4. The quantitative estimate of drug-likeness (QED) is 0.629. The molecule has 0 spiro atoms. The Bertz CT molecular complexity index is 524. The number of carboxylic acids is 1. The molecule has 7 nitrogen and oxygen atoms in total. The smallest absolute Gasteiger partial charge is 0.335 e. The Morgan fingerprint density at radius 2 is 2.19 bits per heavy atom. The number of aliphatic hydroxyl groups is 2. The molecule has 0 amide bonds. The van der Waals surface area contributed by atoms with E-state index < -0.39 is 18.2 Å². The number of hydrogen-bond donors (Lipinski definition) is 3. The van der Waals surface area contributed by atoms with E-state index in [4.69, 9.17) is 5.11 Å². The third-order valence-electron chi connectivity index (χ3n) is 2.16. The van der Waals surface area contributed by atoms with E-state index in [1.807, 2.05) is 0 Å². The number of imidazole rings is 1. The van der Waals surface area contributed by atoms with Crippen LogP contribution in [0, 0.1) is 0 Å². The lowest BCUT2D eigenvalue weighted by Crippen LogP contribution is -2.28. The molecule has 0 bridgehead atoms. The lowest BCUT2D eigenvalue weighted by atomic mass is 10.1. The topological polar surface area (TPSA) is 108 Å². The molecule has 0 aromatic carbocycles. The largest absolute Gasteiger partial charge is 0.479 e. The van der Waals surface area contributed by atoms with E-state index in [0.29, 0.717) is 5.65 Å². The Hall–Kier alpha value is -1.99. The molecule has 0 saturated carbocycles. The van der Waals surface area contributed by atoms with Crippen LogP contribution in [0.5, 0.6) is 0 Å². The maximum Gasteiger partial charge on any atom is 0.335 e. The molecule has 84 valence electrons. The van der Waals surface area contributed by atoms with Crippen molar-refractivity contribution in [3.05, 3.63) is 30.2 Å². The van der Waals surface area contributed by atoms with Crippen LogP contribution < -0.4 is 0 Å². The molecular weight excluding hydrogens is 214 g/mol. The molecule has 0 aliphatic heterocycles. The zero-order chi connectivity index (χ0) is 11.7. The van der Waals surface area contributed by atoms with Gasteiger partial charge in [0.1, 0.15) is 6.10 Å². The molecule has 2 aromatic rings. The second-order valence-electron chi connectivity index (χ2n) is 3.20. The second-order valence-corrected chi connectivity index (χ2v) is 3.20. The summed E-state index contributed by atoms with van der Waals surface area (Å²) >= 11 is 0. The van der Waals surface area contributed by atoms with Gasteiger partial charge >= 0.3 is 5.97 Å². The number of nitrogens with zero attached hydrogens (tertiary/aromatic N) is 3. The van der Waals surface area contributed by atoms with Crippen molar-refractivity contribution < 1.29 is 20.1 Å². The minimum absolute atomic E-state index is 0.130. The van der Waals surface area contributed by atoms with Crippen LogP contribution >= 0.6 is 0 Å². The molecule has 7 heteroatoms. The number of fused-ring (bicyclic) bond motifs is 1. The third kappa shape index (κ3) is 1.62. The summed E-state index contributed by atoms with van der Waals surface area (Å²) in [6, 6.07) is 3.31. The monoisotopic (exact) mass is 223 g/mol. The average Bonchev–Trinajstić information content (AvgIpc) is 2.70. The summed E-state index contributed by atoms with van der Waals surface area (Å²) < 4.78 is 1.27. The van der Waals surface area contributed by atoms with Crippen LogP contribution in [0.25, 0.3) is 5.65 Å². The molecule has 0 aliphatic carbocycles. The fraction of sp³-hybridized carbons (Fsp3) is 0.222. The van der Waals surface area contributed by atoms with Gasteiger partial charge in [-0.2, -0.15) is 5.10 Å². The van der Waals surface area contributed by atoms with E-state index in [9.17, 15) is 15.0 Å². The predicted octanol–water partition coefficient (Wildman–Crippen LogP) is -0.792. The minimum Gasteiger partial charge on any atom is -0.479 e. The van der Waals surface area contributed by atoms with Crippen molar-refractivity contribution in [2.24, 2.45) is 0 Å². The normalized spacial score (nSPS) is 14.9. The standard InChI is InChI=1S/C9H9N3O4/c13-7(8(14)9(15)16)5-4-10-6-2-1-3-11-12(5)6/h1-4,7-8,13-14H,(H,15,16). The van der Waals surface area contributed by atoms with Gasteiger partial charge in [0.25, 0.3) is 0 Å². The van der Waals surface area contributed by atoms with Crippen LogP contribution in [-0.2, 0) is 4.79 Å². The van der Waals surface area contributed by atoms with Crippen LogP contribution in [0.1, 0.15) is 11.8 Å². The summed E-state index contributed by atoms with van der Waals surface area (Å²) in [7, 11) is 0. The first-order valence-electron chi connectivity index (χ1n) is 4.49. The van der Waals surface area contributed by atoms with Gasteiger partial charge in [0.05, 0.1) is 11.9 Å². The molecule has 0 radical (unpaired) electrons. The number of carbonyl (C=O) groups is 1. The first-order valence-corrected chi connectivity index (χ1v) is 4.49. The van der Waals surface area contributed by atoms with Crippen molar-refractivity contribution in [1.29, 1.82) is 0 Å². The summed E-state index contributed by atoms with van der Waals surface area (Å²) in [6.45, 7) is 0. The summed E-state index contributed by atoms with van der Waals surface area (Å²) in [5.74, 6) is -1.50. The molecule has 0 fully saturated rings. The molecule has 2 aromatic heterocycles. The Morgan fingerprint density at radius 1 is 1.44 bits per heavy atom. The molecule has 3 N–H and O–H groups in total. The number of carboxylic acid groups (broad SMARTS) is 1. The zero-order valence-corrected chi connectivity index (χ0v) is 8.06. The lowest BCUT2D eigenvalue weighted by Gasteiger charge is -2.12. The first-order chi connectivity index (χ1) is 7.61. The molecule has 2 unspecified atom stereocenters. The van der Waals surface area contributed by atoms with Crippen LogP contribution in [-0.4, -0.2) is 42.0 Å². The van der Waals surface area contributed by atoms with Gasteiger partial charge in [0.2, 0.25) is 0 Å². The minimum atomic E-state index is -1.90. The predicted molar refractivity (Wildman–Crippen MR) is 51.6 cm³/mol. The van der Waals surface area contributed by atoms with Crippen LogP contribution in [0.2, 0.25) is 0 Å². The van der Waals surface area contributed by atoms with Gasteiger partial charge in [0, 0.05) is 6.20 Å². The summed E-state index contributed by atoms with van der Waals surface area (Å²) in [6.07, 6.45) is -0.721. The third-order valence-corrected chi connectivity index (χ3v) is 2.16. The van der Waals surface area contributed by atoms with Gasteiger partial charge in [-0.1, -0.05) is 0 Å². The van der Waals surface area contributed by atoms with E-state index in [0.717, 1.165) is 0 Å². The van der Waals surface area contributed by atoms with E-state index >= 15 is 0 Å². The number of hydrogen-bond acceptors (Lipinski definition) is 5. The SMILES string of the molecule is O=C(O)C(O)C(O)c1cnc2cccnn12. The highest BCUT2D eigenvalue weighted by Gasteiger charge is 2.27. The van der Waals surface area contributed by atoms with Gasteiger partial charge in [-0.3, -0.25) is 0 Å². The fourth-order valence-electron chi connectivity index (χ4n) is 1.35. The van der Waals surface area contributed by atoms with E-state index in [2.05, 4.69) is 10.1 Å². The Balaban J connectivity index is 2.44. The highest BCUT2D eigenvalue weighted by Crippen LogP contribution is 2.17. The molecule has 2 atom stereocenters. The molecule has 2 heterocycles. The molecular formula is C9H9N3O4. The average molecular weight is 223 g/mol. The summed E-state index contributed by atoms with van der Waals surface area (Å²) in [5.41, 5.74) is 0.597. The van der Waals surface area contributed by atoms with Crippen LogP contribution in [0.15, 0.2) is 24.5 Å². The van der Waals surface area contributed by atoms with Crippen molar-refractivity contribution >= 4 is 11.6 Å². The van der Waals surface area contributed by atoms with Gasteiger partial charge in [0.15, 0.2) is 11.8 Å². The fourth-order valence-corrected chi connectivity index (χ4v) is 1.35. The molecule has 16 heavy (non-hydrogen) atoms. The number of aliphatic hydroxyl groups excluding tert-OH is 2. The van der Waals surface area contributed by atoms with Crippen LogP contribution in [0.3, 0.4) is 0 Å². The number of rotatable bonds is 3. The van der Waals surface area contributed by atoms with Crippen molar-refractivity contribution in [2.45, 2.75) is 12.2 Å². The Kier molecular flexibility index (Phi) is 2.55. The van der Waals surface area contributed by atoms with E-state index in [1.54, 1.807) is 12.1 Å². The number of aliphatic carboxylic acids is 1. The van der Waals surface area contributed by atoms with Crippen molar-refractivity contribution in [1.82, 2.24) is 14.6 Å². The molecule has 0 aliphatic rings. The van der Waals surface area contributed by atoms with Crippen molar-refractivity contribution in [3.8, 4) is 0 Å². The maximum absolute atomic E-state index is 10.5. The van der Waals surface area contributed by atoms with Crippen LogP contribution in [0.4, 0.5) is 0 Å². The maximum atomic E-state index is 10.5. The van der Waals surface area contributed by atoms with Gasteiger partial charge in [-0.15, -0.1) is 0 Å². The van der Waals surface area contributed by atoms with Crippen molar-refractivity contribution in [2.75, 3.05) is 0 Å². The van der Waals surface area contributed by atoms with E-state index in [-0.39, 0.29) is 5.69 Å². The Morgan fingerprint density at radius 3 is 2.88 bits per heavy atom. The molecule has 2 rings (SSSR count). The van der Waals surface area contributed by atoms with Gasteiger partial charge in [-0.25, -0.2) is 14.3 Å². The molecule has 0 saturated heterocycles. The number of aromatic nitrogens is 3. The van der Waals surface area contributed by atoms with E-state index in [1.165, 1.54) is 16.9 Å².